The summed E-state index contributed by atoms with van der Waals surface area (Å²) in [6.07, 6.45) is 2.04. The minimum atomic E-state index is -0.797. The van der Waals surface area contributed by atoms with Gasteiger partial charge in [0.15, 0.2) is 11.6 Å². The number of halogens is 2. The average Bonchev–Trinajstić information content (AvgIpc) is 2.76. The van der Waals surface area contributed by atoms with E-state index < -0.39 is 11.6 Å². The van der Waals surface area contributed by atoms with Crippen molar-refractivity contribution in [2.24, 2.45) is 0 Å². The van der Waals surface area contributed by atoms with Gasteiger partial charge in [-0.2, -0.15) is 5.26 Å². The molecule has 2 aliphatic rings. The summed E-state index contributed by atoms with van der Waals surface area (Å²) in [7, 11) is 0. The summed E-state index contributed by atoms with van der Waals surface area (Å²) >= 11 is 0. The second-order valence-corrected chi connectivity index (χ2v) is 7.47. The maximum Gasteiger partial charge on any atom is 0.160 e. The van der Waals surface area contributed by atoms with E-state index in [2.05, 4.69) is 20.8 Å². The molecule has 146 valence electrons. The largest absolute Gasteiger partial charge is 0.371 e. The highest BCUT2D eigenvalue weighted by Gasteiger charge is 2.28. The summed E-state index contributed by atoms with van der Waals surface area (Å²) in [5, 5.41) is 9.32. The first-order valence-corrected chi connectivity index (χ1v) is 9.84. The van der Waals surface area contributed by atoms with Gasteiger partial charge >= 0.3 is 0 Å². The van der Waals surface area contributed by atoms with Crippen LogP contribution in [-0.4, -0.2) is 50.2 Å². The van der Waals surface area contributed by atoms with Crippen LogP contribution in [0, 0.1) is 23.0 Å². The third kappa shape index (κ3) is 3.81. The van der Waals surface area contributed by atoms with Gasteiger partial charge in [-0.15, -0.1) is 0 Å². The molecule has 4 rings (SSSR count). The third-order valence-corrected chi connectivity index (χ3v) is 5.93. The van der Waals surface area contributed by atoms with Crippen LogP contribution in [0.4, 0.5) is 20.2 Å². The second-order valence-electron chi connectivity index (χ2n) is 7.47. The molecule has 0 atom stereocenters. The Balaban J connectivity index is 1.32. The van der Waals surface area contributed by atoms with Crippen LogP contribution in [0.3, 0.4) is 0 Å². The van der Waals surface area contributed by atoms with Crippen molar-refractivity contribution in [1.29, 1.82) is 5.26 Å². The maximum atomic E-state index is 13.5. The first kappa shape index (κ1) is 18.7. The molecule has 2 fully saturated rings. The molecule has 2 saturated heterocycles. The minimum Gasteiger partial charge on any atom is -0.371 e. The Labute approximate surface area is 164 Å². The number of piperidine rings is 1. The van der Waals surface area contributed by atoms with Gasteiger partial charge in [0, 0.05) is 57.1 Å². The number of rotatable bonds is 3. The molecule has 0 radical (unpaired) electrons. The molecule has 0 spiro atoms. The molecule has 2 heterocycles. The van der Waals surface area contributed by atoms with Crippen LogP contribution in [0.25, 0.3) is 0 Å². The standard InChI is InChI=1S/C22H24F2N4/c23-20-6-5-19(15-21(20)24)26-9-7-18(8-10-26)27-11-13-28(14-12-27)22-4-2-1-3-17(22)16-25/h1-6,15,18H,7-14H2. The van der Waals surface area contributed by atoms with Gasteiger partial charge in [-0.05, 0) is 37.1 Å². The van der Waals surface area contributed by atoms with Crippen LogP contribution in [0.15, 0.2) is 42.5 Å². The minimum absolute atomic E-state index is 0.523. The molecule has 0 aromatic heterocycles. The van der Waals surface area contributed by atoms with Gasteiger partial charge in [-0.3, -0.25) is 4.90 Å². The van der Waals surface area contributed by atoms with Gasteiger partial charge in [-0.25, -0.2) is 8.78 Å². The fourth-order valence-electron chi connectivity index (χ4n) is 4.34. The van der Waals surface area contributed by atoms with Crippen molar-refractivity contribution in [3.63, 3.8) is 0 Å². The Morgan fingerprint density at radius 2 is 1.54 bits per heavy atom. The number of benzene rings is 2. The van der Waals surface area contributed by atoms with Crippen molar-refractivity contribution in [3.05, 3.63) is 59.7 Å². The molecule has 2 aromatic rings. The molecule has 0 aliphatic carbocycles. The van der Waals surface area contributed by atoms with E-state index in [0.717, 1.165) is 69.0 Å². The van der Waals surface area contributed by atoms with Crippen LogP contribution >= 0.6 is 0 Å². The zero-order chi connectivity index (χ0) is 19.5. The third-order valence-electron chi connectivity index (χ3n) is 5.93. The van der Waals surface area contributed by atoms with E-state index in [4.69, 9.17) is 0 Å². The quantitative estimate of drug-likeness (QED) is 0.812. The lowest BCUT2D eigenvalue weighted by atomic mass is 10.0. The highest BCUT2D eigenvalue weighted by molar-refractivity contribution is 5.59. The first-order valence-electron chi connectivity index (χ1n) is 9.84. The van der Waals surface area contributed by atoms with Crippen LogP contribution in [0.2, 0.25) is 0 Å². The van der Waals surface area contributed by atoms with Crippen molar-refractivity contribution < 1.29 is 8.78 Å². The molecule has 2 aromatic carbocycles. The molecule has 0 saturated carbocycles. The van der Waals surface area contributed by atoms with E-state index in [1.165, 1.54) is 12.1 Å². The highest BCUT2D eigenvalue weighted by Crippen LogP contribution is 2.26. The fraction of sp³-hybridized carbons (Fsp3) is 0.409. The Morgan fingerprint density at radius 1 is 0.821 bits per heavy atom. The summed E-state index contributed by atoms with van der Waals surface area (Å²) in [5.41, 5.74) is 2.52. The van der Waals surface area contributed by atoms with Crippen LogP contribution in [0.5, 0.6) is 0 Å². The van der Waals surface area contributed by atoms with E-state index in [1.807, 2.05) is 24.3 Å². The van der Waals surface area contributed by atoms with Crippen molar-refractivity contribution in [3.8, 4) is 6.07 Å². The smallest absolute Gasteiger partial charge is 0.160 e. The molecular weight excluding hydrogens is 358 g/mol. The topological polar surface area (TPSA) is 33.5 Å². The van der Waals surface area contributed by atoms with Crippen molar-refractivity contribution >= 4 is 11.4 Å². The lowest BCUT2D eigenvalue weighted by Crippen LogP contribution is -2.53. The molecular formula is C22H24F2N4. The number of piperazine rings is 1. The molecule has 4 nitrogen and oxygen atoms in total. The molecule has 28 heavy (non-hydrogen) atoms. The number of hydrogen-bond donors (Lipinski definition) is 0. The second kappa shape index (κ2) is 8.15. The number of para-hydroxylation sites is 1. The highest BCUT2D eigenvalue weighted by atomic mass is 19.2. The number of nitrogens with zero attached hydrogens (tertiary/aromatic N) is 4. The molecule has 0 N–H and O–H groups in total. The van der Waals surface area contributed by atoms with Gasteiger partial charge in [0.2, 0.25) is 0 Å². The molecule has 0 bridgehead atoms. The monoisotopic (exact) mass is 382 g/mol. The normalized spacial score (nSPS) is 18.9. The van der Waals surface area contributed by atoms with Gasteiger partial charge in [-0.1, -0.05) is 12.1 Å². The summed E-state index contributed by atoms with van der Waals surface area (Å²) in [4.78, 5) is 6.97. The summed E-state index contributed by atoms with van der Waals surface area (Å²) < 4.78 is 26.6. The summed E-state index contributed by atoms with van der Waals surface area (Å²) in [6, 6.07) is 14.7. The van der Waals surface area contributed by atoms with Crippen molar-refractivity contribution in [2.45, 2.75) is 18.9 Å². The predicted molar refractivity (Wildman–Crippen MR) is 107 cm³/mol. The zero-order valence-electron chi connectivity index (χ0n) is 15.8. The zero-order valence-corrected chi connectivity index (χ0v) is 15.8. The Bertz CT molecular complexity index is 863. The molecule has 0 unspecified atom stereocenters. The first-order chi connectivity index (χ1) is 13.7. The van der Waals surface area contributed by atoms with Crippen molar-refractivity contribution in [1.82, 2.24) is 4.90 Å². The van der Waals surface area contributed by atoms with Gasteiger partial charge in [0.25, 0.3) is 0 Å². The predicted octanol–water partition coefficient (Wildman–Crippen LogP) is 3.63. The van der Waals surface area contributed by atoms with E-state index in [9.17, 15) is 14.0 Å². The Hall–Kier alpha value is -2.65. The van der Waals surface area contributed by atoms with E-state index in [0.29, 0.717) is 6.04 Å². The average molecular weight is 382 g/mol. The number of nitriles is 1. The van der Waals surface area contributed by atoms with Crippen LogP contribution in [-0.2, 0) is 0 Å². The lowest BCUT2D eigenvalue weighted by Gasteiger charge is -2.44. The summed E-state index contributed by atoms with van der Waals surface area (Å²) in [6.45, 7) is 5.51. The van der Waals surface area contributed by atoms with E-state index >= 15 is 0 Å². The SMILES string of the molecule is N#Cc1ccccc1N1CCN(C2CCN(c3ccc(F)c(F)c3)CC2)CC1. The Kier molecular flexibility index (Phi) is 5.45. The lowest BCUT2D eigenvalue weighted by molar-refractivity contribution is 0.160. The number of hydrogen-bond acceptors (Lipinski definition) is 4. The Morgan fingerprint density at radius 3 is 2.21 bits per heavy atom. The van der Waals surface area contributed by atoms with Crippen LogP contribution in [0.1, 0.15) is 18.4 Å². The van der Waals surface area contributed by atoms with Crippen LogP contribution < -0.4 is 9.80 Å². The molecule has 6 heteroatoms. The van der Waals surface area contributed by atoms with Gasteiger partial charge < -0.3 is 9.80 Å². The molecule has 0 amide bonds. The van der Waals surface area contributed by atoms with E-state index in [1.54, 1.807) is 6.07 Å². The van der Waals surface area contributed by atoms with Gasteiger partial charge in [0.05, 0.1) is 11.3 Å². The van der Waals surface area contributed by atoms with Gasteiger partial charge in [0.1, 0.15) is 6.07 Å². The van der Waals surface area contributed by atoms with Crippen molar-refractivity contribution in [2.75, 3.05) is 49.1 Å². The maximum absolute atomic E-state index is 13.5. The van der Waals surface area contributed by atoms with E-state index in [-0.39, 0.29) is 0 Å². The summed E-state index contributed by atoms with van der Waals surface area (Å²) in [5.74, 6) is -1.58. The number of anilines is 2. The fourth-order valence-corrected chi connectivity index (χ4v) is 4.34. The molecule has 2 aliphatic heterocycles.